The van der Waals surface area contributed by atoms with Gasteiger partial charge in [0.1, 0.15) is 0 Å². The highest BCUT2D eigenvalue weighted by atomic mass is 16.3. The first kappa shape index (κ1) is 17.7. The first-order valence-corrected chi connectivity index (χ1v) is 8.13. The Hall–Kier alpha value is -1.63. The van der Waals surface area contributed by atoms with Gasteiger partial charge in [-0.25, -0.2) is 0 Å². The fourth-order valence-corrected chi connectivity index (χ4v) is 4.00. The monoisotopic (exact) mass is 325 g/mol. The van der Waals surface area contributed by atoms with Crippen molar-refractivity contribution in [3.63, 3.8) is 0 Å². The summed E-state index contributed by atoms with van der Waals surface area (Å²) < 4.78 is 0. The van der Waals surface area contributed by atoms with Crippen molar-refractivity contribution in [1.82, 2.24) is 15.1 Å². The largest absolute Gasteiger partial charge is 0.394 e. The van der Waals surface area contributed by atoms with E-state index in [1.54, 1.807) is 16.7 Å². The van der Waals surface area contributed by atoms with Crippen molar-refractivity contribution < 1.29 is 19.5 Å². The van der Waals surface area contributed by atoms with Gasteiger partial charge in [-0.05, 0) is 31.6 Å². The predicted molar refractivity (Wildman–Crippen MR) is 84.4 cm³/mol. The molecule has 1 unspecified atom stereocenters. The predicted octanol–water partition coefficient (Wildman–Crippen LogP) is -0.265. The van der Waals surface area contributed by atoms with Crippen molar-refractivity contribution in [2.45, 2.75) is 45.6 Å². The molecule has 3 amide bonds. The van der Waals surface area contributed by atoms with Crippen molar-refractivity contribution in [1.29, 1.82) is 0 Å². The average Bonchev–Trinajstić information content (AvgIpc) is 2.79. The molecule has 0 aromatic rings. The topological polar surface area (TPSA) is 90.0 Å². The van der Waals surface area contributed by atoms with E-state index in [2.05, 4.69) is 5.32 Å². The minimum absolute atomic E-state index is 0.0115. The van der Waals surface area contributed by atoms with Gasteiger partial charge in [-0.3, -0.25) is 14.4 Å². The number of carbonyl (C=O) groups excluding carboxylic acids is 3. The molecular formula is C16H27N3O4. The number of carbonyl (C=O) groups is 3. The van der Waals surface area contributed by atoms with E-state index >= 15 is 0 Å². The summed E-state index contributed by atoms with van der Waals surface area (Å²) >= 11 is 0. The van der Waals surface area contributed by atoms with Crippen molar-refractivity contribution in [2.75, 3.05) is 32.8 Å². The highest BCUT2D eigenvalue weighted by Crippen LogP contribution is 2.47. The third kappa shape index (κ3) is 3.65. The van der Waals surface area contributed by atoms with Crippen LogP contribution in [0.15, 0.2) is 0 Å². The molecule has 1 atom stereocenters. The summed E-state index contributed by atoms with van der Waals surface area (Å²) in [6.07, 6.45) is 2.40. The van der Waals surface area contributed by atoms with Gasteiger partial charge in [0.15, 0.2) is 0 Å². The number of aliphatic hydroxyl groups is 1. The summed E-state index contributed by atoms with van der Waals surface area (Å²) in [4.78, 5) is 38.4. The molecule has 0 bridgehead atoms. The maximum Gasteiger partial charge on any atom is 0.241 e. The Morgan fingerprint density at radius 3 is 2.22 bits per heavy atom. The summed E-state index contributed by atoms with van der Waals surface area (Å²) in [6, 6.07) is 0. The number of hydrogen-bond acceptors (Lipinski definition) is 4. The van der Waals surface area contributed by atoms with Gasteiger partial charge in [0.05, 0.1) is 18.7 Å². The van der Waals surface area contributed by atoms with Crippen molar-refractivity contribution in [3.8, 4) is 0 Å². The van der Waals surface area contributed by atoms with Gasteiger partial charge in [-0.2, -0.15) is 0 Å². The Bertz CT molecular complexity index is 500. The van der Waals surface area contributed by atoms with Gasteiger partial charge in [-0.1, -0.05) is 0 Å². The Morgan fingerprint density at radius 1 is 1.17 bits per heavy atom. The number of amides is 3. The van der Waals surface area contributed by atoms with Crippen LogP contribution in [0.5, 0.6) is 0 Å². The quantitative estimate of drug-likeness (QED) is 0.748. The Kier molecular flexibility index (Phi) is 4.98. The molecular weight excluding hydrogens is 298 g/mol. The Balaban J connectivity index is 1.97. The minimum atomic E-state index is -0.506. The van der Waals surface area contributed by atoms with E-state index in [1.807, 2.05) is 6.92 Å². The number of nitrogens with one attached hydrogen (secondary N) is 1. The van der Waals surface area contributed by atoms with Crippen molar-refractivity contribution >= 4 is 17.7 Å². The zero-order valence-corrected chi connectivity index (χ0v) is 14.2. The SMILES string of the molecule is CC(=O)NCC(=O)N1CCC2(CC1)CN(C(C)=O)C(C)(CO)C2. The fourth-order valence-electron chi connectivity index (χ4n) is 4.00. The van der Waals surface area contributed by atoms with Crippen LogP contribution in [0.3, 0.4) is 0 Å². The van der Waals surface area contributed by atoms with Gasteiger partial charge >= 0.3 is 0 Å². The van der Waals surface area contributed by atoms with Gasteiger partial charge < -0.3 is 20.2 Å². The molecule has 130 valence electrons. The summed E-state index contributed by atoms with van der Waals surface area (Å²) in [5.74, 6) is -0.289. The summed E-state index contributed by atoms with van der Waals surface area (Å²) in [6.45, 7) is 6.76. The maximum atomic E-state index is 12.1. The van der Waals surface area contributed by atoms with Crippen molar-refractivity contribution in [3.05, 3.63) is 0 Å². The van der Waals surface area contributed by atoms with Crippen LogP contribution in [0, 0.1) is 5.41 Å². The zero-order valence-electron chi connectivity index (χ0n) is 14.2. The van der Waals surface area contributed by atoms with Crippen LogP contribution in [0.25, 0.3) is 0 Å². The minimum Gasteiger partial charge on any atom is -0.394 e. The molecule has 2 heterocycles. The molecule has 0 aromatic heterocycles. The highest BCUT2D eigenvalue weighted by Gasteiger charge is 2.52. The van der Waals surface area contributed by atoms with Crippen LogP contribution in [0.1, 0.15) is 40.0 Å². The molecule has 1 spiro atoms. The number of likely N-dealkylation sites (tertiary alicyclic amines) is 2. The van der Waals surface area contributed by atoms with Gasteiger partial charge in [-0.15, -0.1) is 0 Å². The first-order valence-electron chi connectivity index (χ1n) is 8.13. The molecule has 2 aliphatic rings. The van der Waals surface area contributed by atoms with E-state index in [-0.39, 0.29) is 36.3 Å². The van der Waals surface area contributed by atoms with Gasteiger partial charge in [0.2, 0.25) is 17.7 Å². The summed E-state index contributed by atoms with van der Waals surface area (Å²) in [5.41, 5.74) is -0.526. The third-order valence-electron chi connectivity index (χ3n) is 5.29. The fraction of sp³-hybridized carbons (Fsp3) is 0.812. The number of aliphatic hydroxyl groups excluding tert-OH is 1. The first-order chi connectivity index (χ1) is 10.7. The molecule has 7 nitrogen and oxygen atoms in total. The second-order valence-electron chi connectivity index (χ2n) is 7.23. The average molecular weight is 325 g/mol. The number of piperidine rings is 1. The van der Waals surface area contributed by atoms with Crippen LogP contribution in [0.2, 0.25) is 0 Å². The van der Waals surface area contributed by atoms with E-state index in [9.17, 15) is 19.5 Å². The Labute approximate surface area is 137 Å². The van der Waals surface area contributed by atoms with E-state index in [0.29, 0.717) is 19.6 Å². The second kappa shape index (κ2) is 6.47. The summed E-state index contributed by atoms with van der Waals surface area (Å²) in [5, 5.41) is 12.3. The lowest BCUT2D eigenvalue weighted by molar-refractivity contribution is -0.135. The van der Waals surface area contributed by atoms with Gasteiger partial charge in [0.25, 0.3) is 0 Å². The van der Waals surface area contributed by atoms with E-state index in [1.165, 1.54) is 6.92 Å². The van der Waals surface area contributed by atoms with Crippen LogP contribution in [0.4, 0.5) is 0 Å². The molecule has 23 heavy (non-hydrogen) atoms. The van der Waals surface area contributed by atoms with E-state index in [0.717, 1.165) is 19.3 Å². The van der Waals surface area contributed by atoms with Crippen LogP contribution in [-0.4, -0.2) is 71.0 Å². The lowest BCUT2D eigenvalue weighted by atomic mass is 9.74. The molecule has 2 rings (SSSR count). The molecule has 2 saturated heterocycles. The highest BCUT2D eigenvalue weighted by molar-refractivity contribution is 5.83. The van der Waals surface area contributed by atoms with Crippen LogP contribution in [-0.2, 0) is 14.4 Å². The lowest BCUT2D eigenvalue weighted by Gasteiger charge is -2.39. The normalized spacial score (nSPS) is 26.4. The molecule has 0 radical (unpaired) electrons. The molecule has 2 aliphatic heterocycles. The molecule has 2 N–H and O–H groups in total. The number of nitrogens with zero attached hydrogens (tertiary/aromatic N) is 2. The molecule has 7 heteroatoms. The molecule has 0 aliphatic carbocycles. The lowest BCUT2D eigenvalue weighted by Crippen LogP contribution is -2.47. The molecule has 2 fully saturated rings. The van der Waals surface area contributed by atoms with E-state index in [4.69, 9.17) is 0 Å². The van der Waals surface area contributed by atoms with E-state index < -0.39 is 5.54 Å². The van der Waals surface area contributed by atoms with Crippen LogP contribution >= 0.6 is 0 Å². The van der Waals surface area contributed by atoms with Gasteiger partial charge in [0, 0.05) is 33.5 Å². The second-order valence-corrected chi connectivity index (χ2v) is 7.23. The third-order valence-corrected chi connectivity index (χ3v) is 5.29. The van der Waals surface area contributed by atoms with Crippen molar-refractivity contribution in [2.24, 2.45) is 5.41 Å². The summed E-state index contributed by atoms with van der Waals surface area (Å²) in [7, 11) is 0. The smallest absolute Gasteiger partial charge is 0.241 e. The standard InChI is InChI=1S/C16H27N3O4/c1-12(21)17-8-14(23)18-6-4-16(5-7-18)9-15(3,11-20)19(10-16)13(2)22/h20H,4-11H2,1-3H3,(H,17,21). The molecule has 0 aromatic carbocycles. The number of hydrogen-bond donors (Lipinski definition) is 2. The van der Waals surface area contributed by atoms with Crippen LogP contribution < -0.4 is 5.32 Å². The Morgan fingerprint density at radius 2 is 1.78 bits per heavy atom. The zero-order chi connectivity index (χ0) is 17.3. The maximum absolute atomic E-state index is 12.1. The molecule has 0 saturated carbocycles. The number of rotatable bonds is 3.